The van der Waals surface area contributed by atoms with Crippen LogP contribution in [0.4, 0.5) is 0 Å². The predicted molar refractivity (Wildman–Crippen MR) is 98.7 cm³/mol. The summed E-state index contributed by atoms with van der Waals surface area (Å²) in [6.07, 6.45) is 0. The van der Waals surface area contributed by atoms with E-state index in [0.29, 0.717) is 21.5 Å². The molecule has 0 fully saturated rings. The molecule has 0 atom stereocenters. The molecule has 2 aromatic heterocycles. The molecule has 4 aromatic rings. The zero-order chi connectivity index (χ0) is 16.8. The van der Waals surface area contributed by atoms with Crippen LogP contribution in [0.15, 0.2) is 36.4 Å². The lowest BCUT2D eigenvalue weighted by atomic mass is 10.2. The second-order valence-electron chi connectivity index (χ2n) is 5.45. The fraction of sp³-hybridized carbons (Fsp3) is 0.111. The van der Waals surface area contributed by atoms with Crippen molar-refractivity contribution < 1.29 is 9.47 Å². The molecule has 0 saturated carbocycles. The number of aromatic nitrogens is 2. The zero-order valence-corrected chi connectivity index (χ0v) is 14.5. The Morgan fingerprint density at radius 2 is 1.12 bits per heavy atom. The first-order valence-corrected chi connectivity index (χ1v) is 8.08. The van der Waals surface area contributed by atoms with Crippen molar-refractivity contribution in [1.82, 2.24) is 9.97 Å². The van der Waals surface area contributed by atoms with Gasteiger partial charge in [0.15, 0.2) is 11.5 Å². The molecule has 2 heterocycles. The number of benzene rings is 2. The van der Waals surface area contributed by atoms with Gasteiger partial charge in [-0.05, 0) is 36.4 Å². The van der Waals surface area contributed by atoms with E-state index in [0.717, 1.165) is 33.2 Å². The summed E-state index contributed by atoms with van der Waals surface area (Å²) in [6, 6.07) is 11.3. The van der Waals surface area contributed by atoms with Gasteiger partial charge in [-0.15, -0.1) is 0 Å². The van der Waals surface area contributed by atoms with E-state index in [4.69, 9.17) is 32.7 Å². The Morgan fingerprint density at radius 1 is 0.708 bits per heavy atom. The Balaban J connectivity index is 2.05. The third-order valence-corrected chi connectivity index (χ3v) is 4.55. The number of aromatic amines is 2. The van der Waals surface area contributed by atoms with Crippen LogP contribution in [0, 0.1) is 0 Å². The standard InChI is InChI=1S/C18H14Cl2N2O2/c1-23-17-11-7-9(19)3-5-13(11)21-15(17)16-18(24-2)12-8-10(20)4-6-14(12)22-16/h3-8,21-22H,1-2H3. The highest BCUT2D eigenvalue weighted by atomic mass is 35.5. The molecule has 0 radical (unpaired) electrons. The molecule has 0 aliphatic rings. The smallest absolute Gasteiger partial charge is 0.153 e. The molecule has 0 aliphatic carbocycles. The van der Waals surface area contributed by atoms with Crippen molar-refractivity contribution in [3.63, 3.8) is 0 Å². The number of fused-ring (bicyclic) bond motifs is 2. The lowest BCUT2D eigenvalue weighted by Gasteiger charge is -2.05. The number of H-pyrrole nitrogens is 2. The molecule has 6 heteroatoms. The summed E-state index contributed by atoms with van der Waals surface area (Å²) < 4.78 is 11.3. The fourth-order valence-corrected chi connectivity index (χ4v) is 3.40. The Bertz CT molecular complexity index is 980. The summed E-state index contributed by atoms with van der Waals surface area (Å²) in [5.74, 6) is 1.42. The van der Waals surface area contributed by atoms with E-state index in [2.05, 4.69) is 9.97 Å². The van der Waals surface area contributed by atoms with E-state index in [1.807, 2.05) is 36.4 Å². The van der Waals surface area contributed by atoms with E-state index in [-0.39, 0.29) is 0 Å². The van der Waals surface area contributed by atoms with Gasteiger partial charge in [-0.1, -0.05) is 23.2 Å². The second-order valence-corrected chi connectivity index (χ2v) is 6.32. The molecule has 2 N–H and O–H groups in total. The molecule has 24 heavy (non-hydrogen) atoms. The third kappa shape index (κ3) is 2.22. The average Bonchev–Trinajstić information content (AvgIpc) is 3.11. The second kappa shape index (κ2) is 5.65. The van der Waals surface area contributed by atoms with Crippen molar-refractivity contribution >= 4 is 45.0 Å². The Morgan fingerprint density at radius 3 is 1.50 bits per heavy atom. The lowest BCUT2D eigenvalue weighted by Crippen LogP contribution is -1.89. The number of methoxy groups -OCH3 is 2. The first-order valence-electron chi connectivity index (χ1n) is 7.33. The molecule has 0 aliphatic heterocycles. The lowest BCUT2D eigenvalue weighted by molar-refractivity contribution is 0.415. The average molecular weight is 361 g/mol. The minimum atomic E-state index is 0.654. The van der Waals surface area contributed by atoms with Gasteiger partial charge in [0.05, 0.1) is 14.2 Å². The highest BCUT2D eigenvalue weighted by Gasteiger charge is 2.21. The van der Waals surface area contributed by atoms with Crippen LogP contribution in [0.3, 0.4) is 0 Å². The van der Waals surface area contributed by atoms with Gasteiger partial charge in [0.1, 0.15) is 11.4 Å². The van der Waals surface area contributed by atoms with E-state index in [9.17, 15) is 0 Å². The van der Waals surface area contributed by atoms with E-state index in [1.165, 1.54) is 0 Å². The van der Waals surface area contributed by atoms with Gasteiger partial charge in [0, 0.05) is 31.9 Å². The van der Waals surface area contributed by atoms with Crippen LogP contribution >= 0.6 is 23.2 Å². The van der Waals surface area contributed by atoms with Crippen molar-refractivity contribution in [3.8, 4) is 22.9 Å². The molecule has 0 unspecified atom stereocenters. The van der Waals surface area contributed by atoms with Crippen LogP contribution in [-0.2, 0) is 0 Å². The van der Waals surface area contributed by atoms with E-state index >= 15 is 0 Å². The maximum absolute atomic E-state index is 6.13. The molecular formula is C18H14Cl2N2O2. The van der Waals surface area contributed by atoms with Gasteiger partial charge in [-0.3, -0.25) is 0 Å². The summed E-state index contributed by atoms with van der Waals surface area (Å²) in [5, 5.41) is 3.14. The quantitative estimate of drug-likeness (QED) is 0.496. The Kier molecular flexibility index (Phi) is 3.59. The molecule has 0 spiro atoms. The number of hydrogen-bond acceptors (Lipinski definition) is 2. The summed E-state index contributed by atoms with van der Waals surface area (Å²) in [7, 11) is 3.28. The minimum absolute atomic E-state index is 0.654. The fourth-order valence-electron chi connectivity index (χ4n) is 3.05. The maximum atomic E-state index is 6.13. The number of halogens is 2. The molecule has 0 bridgehead atoms. The summed E-state index contributed by atoms with van der Waals surface area (Å²) in [4.78, 5) is 6.76. The van der Waals surface area contributed by atoms with Gasteiger partial charge < -0.3 is 19.4 Å². The molecule has 4 rings (SSSR count). The monoisotopic (exact) mass is 360 g/mol. The summed E-state index contributed by atoms with van der Waals surface area (Å²) in [6.45, 7) is 0. The van der Waals surface area contributed by atoms with Crippen LogP contribution in [0.1, 0.15) is 0 Å². The number of nitrogens with one attached hydrogen (secondary N) is 2. The maximum Gasteiger partial charge on any atom is 0.153 e. The van der Waals surface area contributed by atoms with Gasteiger partial charge >= 0.3 is 0 Å². The van der Waals surface area contributed by atoms with Crippen LogP contribution in [0.5, 0.6) is 11.5 Å². The molecule has 0 amide bonds. The number of rotatable bonds is 3. The molecule has 122 valence electrons. The largest absolute Gasteiger partial charge is 0.494 e. The SMILES string of the molecule is COc1c(-c2[nH]c3ccc(Cl)cc3c2OC)[nH]c2ccc(Cl)cc12. The normalized spacial score (nSPS) is 11.3. The van der Waals surface area contributed by atoms with Crippen LogP contribution in [0.25, 0.3) is 33.2 Å². The number of ether oxygens (including phenoxy) is 2. The summed E-state index contributed by atoms with van der Waals surface area (Å²) in [5.41, 5.74) is 3.48. The van der Waals surface area contributed by atoms with Gasteiger partial charge in [-0.2, -0.15) is 0 Å². The van der Waals surface area contributed by atoms with E-state index in [1.54, 1.807) is 14.2 Å². The highest BCUT2D eigenvalue weighted by Crippen LogP contribution is 2.44. The van der Waals surface area contributed by atoms with Gasteiger partial charge in [-0.25, -0.2) is 0 Å². The first-order chi connectivity index (χ1) is 11.6. The molecule has 4 nitrogen and oxygen atoms in total. The van der Waals surface area contributed by atoms with Crippen LogP contribution in [-0.4, -0.2) is 24.2 Å². The zero-order valence-electron chi connectivity index (χ0n) is 13.0. The first kappa shape index (κ1) is 15.2. The molecule has 0 saturated heterocycles. The van der Waals surface area contributed by atoms with E-state index < -0.39 is 0 Å². The molecule has 2 aromatic carbocycles. The van der Waals surface area contributed by atoms with Gasteiger partial charge in [0.2, 0.25) is 0 Å². The topological polar surface area (TPSA) is 50.0 Å². The van der Waals surface area contributed by atoms with Crippen LogP contribution in [0.2, 0.25) is 10.0 Å². The predicted octanol–water partition coefficient (Wildman–Crippen LogP) is 5.64. The van der Waals surface area contributed by atoms with Crippen molar-refractivity contribution in [2.24, 2.45) is 0 Å². The Hall–Kier alpha value is -2.30. The Labute approximate surface area is 148 Å². The van der Waals surface area contributed by atoms with Crippen molar-refractivity contribution in [2.75, 3.05) is 14.2 Å². The third-order valence-electron chi connectivity index (χ3n) is 4.08. The van der Waals surface area contributed by atoms with Crippen molar-refractivity contribution in [1.29, 1.82) is 0 Å². The van der Waals surface area contributed by atoms with Crippen molar-refractivity contribution in [2.45, 2.75) is 0 Å². The van der Waals surface area contributed by atoms with Gasteiger partial charge in [0.25, 0.3) is 0 Å². The number of hydrogen-bond donors (Lipinski definition) is 2. The highest BCUT2D eigenvalue weighted by molar-refractivity contribution is 6.32. The minimum Gasteiger partial charge on any atom is -0.494 e. The summed E-state index contributed by atoms with van der Waals surface area (Å²) >= 11 is 12.3. The van der Waals surface area contributed by atoms with Crippen molar-refractivity contribution in [3.05, 3.63) is 46.4 Å². The molecular weight excluding hydrogens is 347 g/mol. The van der Waals surface area contributed by atoms with Crippen LogP contribution < -0.4 is 9.47 Å².